The van der Waals surface area contributed by atoms with E-state index >= 15 is 0 Å². The summed E-state index contributed by atoms with van der Waals surface area (Å²) in [5, 5.41) is 3.60. The van der Waals surface area contributed by atoms with Gasteiger partial charge in [0.1, 0.15) is 5.82 Å². The molecule has 2 N–H and O–H groups in total. The highest BCUT2D eigenvalue weighted by Gasteiger charge is 2.13. The normalized spacial score (nSPS) is 11.0. The van der Waals surface area contributed by atoms with Crippen molar-refractivity contribution in [2.75, 3.05) is 5.32 Å². The maximum absolute atomic E-state index is 12.7. The SMILES string of the molecule is Cc1ccc(NC(=O)c2ccc3nc(-c4c(C)cccc4Cl)[nH]c3c2)cc1C. The first kappa shape index (κ1) is 18.3. The number of imidazole rings is 1. The van der Waals surface area contributed by atoms with Crippen LogP contribution in [-0.2, 0) is 0 Å². The molecule has 1 amide bonds. The summed E-state index contributed by atoms with van der Waals surface area (Å²) in [6, 6.07) is 17.1. The van der Waals surface area contributed by atoms with Gasteiger partial charge in [0.25, 0.3) is 5.91 Å². The van der Waals surface area contributed by atoms with Gasteiger partial charge < -0.3 is 10.3 Å². The molecule has 5 heteroatoms. The van der Waals surface area contributed by atoms with E-state index in [1.165, 1.54) is 5.56 Å². The van der Waals surface area contributed by atoms with Crippen molar-refractivity contribution in [3.8, 4) is 11.4 Å². The van der Waals surface area contributed by atoms with Crippen molar-refractivity contribution in [2.45, 2.75) is 20.8 Å². The molecule has 0 saturated heterocycles. The highest BCUT2D eigenvalue weighted by atomic mass is 35.5. The molecule has 0 saturated carbocycles. The van der Waals surface area contributed by atoms with E-state index in [4.69, 9.17) is 11.6 Å². The van der Waals surface area contributed by atoms with E-state index in [0.717, 1.165) is 33.4 Å². The summed E-state index contributed by atoms with van der Waals surface area (Å²) in [6.07, 6.45) is 0. The lowest BCUT2D eigenvalue weighted by molar-refractivity contribution is 0.102. The predicted octanol–water partition coefficient (Wildman–Crippen LogP) is 6.06. The average Bonchev–Trinajstić information content (AvgIpc) is 3.07. The van der Waals surface area contributed by atoms with Gasteiger partial charge in [-0.2, -0.15) is 0 Å². The number of aromatic amines is 1. The van der Waals surface area contributed by atoms with E-state index in [-0.39, 0.29) is 5.91 Å². The van der Waals surface area contributed by atoms with Crippen molar-refractivity contribution in [1.29, 1.82) is 0 Å². The number of nitrogens with one attached hydrogen (secondary N) is 2. The molecule has 4 nitrogen and oxygen atoms in total. The number of nitrogens with zero attached hydrogens (tertiary/aromatic N) is 1. The minimum atomic E-state index is -0.157. The lowest BCUT2D eigenvalue weighted by Gasteiger charge is -2.07. The number of hydrogen-bond acceptors (Lipinski definition) is 2. The number of aryl methyl sites for hydroxylation is 3. The Kier molecular flexibility index (Phi) is 4.65. The molecule has 0 radical (unpaired) electrons. The molecular weight excluding hydrogens is 370 g/mol. The van der Waals surface area contributed by atoms with E-state index in [1.54, 1.807) is 6.07 Å². The molecule has 0 bridgehead atoms. The van der Waals surface area contributed by atoms with Crippen LogP contribution in [0.3, 0.4) is 0 Å². The van der Waals surface area contributed by atoms with Gasteiger partial charge in [0.15, 0.2) is 0 Å². The molecule has 28 heavy (non-hydrogen) atoms. The van der Waals surface area contributed by atoms with Crippen molar-refractivity contribution < 1.29 is 4.79 Å². The summed E-state index contributed by atoms with van der Waals surface area (Å²) in [7, 11) is 0. The summed E-state index contributed by atoms with van der Waals surface area (Å²) >= 11 is 6.36. The number of H-pyrrole nitrogens is 1. The molecule has 0 atom stereocenters. The summed E-state index contributed by atoms with van der Waals surface area (Å²) in [5.41, 5.74) is 7.18. The largest absolute Gasteiger partial charge is 0.338 e. The standard InChI is InChI=1S/C23H20ClN3O/c1-13-7-9-17(11-15(13)3)25-23(28)16-8-10-19-20(12-16)27-22(26-19)21-14(2)5-4-6-18(21)24/h4-12H,1-3H3,(H,25,28)(H,26,27). The molecule has 1 heterocycles. The Morgan fingerprint density at radius 3 is 2.54 bits per heavy atom. The molecule has 3 aromatic carbocycles. The zero-order chi connectivity index (χ0) is 19.8. The number of halogens is 1. The van der Waals surface area contributed by atoms with E-state index < -0.39 is 0 Å². The third-order valence-corrected chi connectivity index (χ3v) is 5.28. The molecule has 140 valence electrons. The van der Waals surface area contributed by atoms with Crippen molar-refractivity contribution in [2.24, 2.45) is 0 Å². The minimum absolute atomic E-state index is 0.157. The molecule has 4 rings (SSSR count). The smallest absolute Gasteiger partial charge is 0.255 e. The summed E-state index contributed by atoms with van der Waals surface area (Å²) < 4.78 is 0. The molecule has 0 aliphatic rings. The predicted molar refractivity (Wildman–Crippen MR) is 115 cm³/mol. The number of fused-ring (bicyclic) bond motifs is 1. The number of hydrogen-bond donors (Lipinski definition) is 2. The fourth-order valence-electron chi connectivity index (χ4n) is 3.22. The molecule has 0 unspecified atom stereocenters. The zero-order valence-electron chi connectivity index (χ0n) is 15.9. The Morgan fingerprint density at radius 2 is 1.79 bits per heavy atom. The van der Waals surface area contributed by atoms with Gasteiger partial charge in [-0.3, -0.25) is 4.79 Å². The number of amides is 1. The van der Waals surface area contributed by atoms with Gasteiger partial charge in [0, 0.05) is 16.8 Å². The summed E-state index contributed by atoms with van der Waals surface area (Å²) in [4.78, 5) is 20.6. The fraction of sp³-hybridized carbons (Fsp3) is 0.130. The van der Waals surface area contributed by atoms with Gasteiger partial charge >= 0.3 is 0 Å². The molecule has 0 aliphatic carbocycles. The van der Waals surface area contributed by atoms with Gasteiger partial charge in [0.2, 0.25) is 0 Å². The number of anilines is 1. The summed E-state index contributed by atoms with van der Waals surface area (Å²) in [6.45, 7) is 6.07. The fourth-order valence-corrected chi connectivity index (χ4v) is 3.53. The first-order valence-electron chi connectivity index (χ1n) is 9.06. The Hall–Kier alpha value is -3.11. The van der Waals surface area contributed by atoms with Crippen molar-refractivity contribution in [3.63, 3.8) is 0 Å². The zero-order valence-corrected chi connectivity index (χ0v) is 16.7. The quantitative estimate of drug-likeness (QED) is 0.447. The van der Waals surface area contributed by atoms with Gasteiger partial charge in [-0.25, -0.2) is 4.98 Å². The molecule has 0 spiro atoms. The Bertz CT molecular complexity index is 1190. The van der Waals surface area contributed by atoms with Crippen LogP contribution >= 0.6 is 11.6 Å². The van der Waals surface area contributed by atoms with Crippen LogP contribution in [0.1, 0.15) is 27.0 Å². The topological polar surface area (TPSA) is 57.8 Å². The first-order valence-corrected chi connectivity index (χ1v) is 9.44. The van der Waals surface area contributed by atoms with Crippen LogP contribution in [0.5, 0.6) is 0 Å². The van der Waals surface area contributed by atoms with Crippen LogP contribution in [0.25, 0.3) is 22.4 Å². The average molecular weight is 390 g/mol. The Morgan fingerprint density at radius 1 is 0.964 bits per heavy atom. The van der Waals surface area contributed by atoms with Crippen LogP contribution in [0, 0.1) is 20.8 Å². The van der Waals surface area contributed by atoms with E-state index in [1.807, 2.05) is 69.3 Å². The Balaban J connectivity index is 1.66. The number of carbonyl (C=O) groups excluding carboxylic acids is 1. The van der Waals surface area contributed by atoms with Gasteiger partial charge in [-0.1, -0.05) is 29.8 Å². The molecule has 4 aromatic rings. The maximum Gasteiger partial charge on any atom is 0.255 e. The number of benzene rings is 3. The van der Waals surface area contributed by atoms with Gasteiger partial charge in [-0.05, 0) is 73.9 Å². The second-order valence-electron chi connectivity index (χ2n) is 7.00. The lowest BCUT2D eigenvalue weighted by atomic mass is 10.1. The minimum Gasteiger partial charge on any atom is -0.338 e. The Labute approximate surface area is 168 Å². The molecule has 0 fully saturated rings. The van der Waals surface area contributed by atoms with Crippen molar-refractivity contribution in [1.82, 2.24) is 9.97 Å². The molecular formula is C23H20ClN3O. The van der Waals surface area contributed by atoms with E-state index in [0.29, 0.717) is 16.4 Å². The van der Waals surface area contributed by atoms with Crippen LogP contribution < -0.4 is 5.32 Å². The van der Waals surface area contributed by atoms with E-state index in [9.17, 15) is 4.79 Å². The highest BCUT2D eigenvalue weighted by Crippen LogP contribution is 2.30. The van der Waals surface area contributed by atoms with Gasteiger partial charge in [0.05, 0.1) is 16.1 Å². The van der Waals surface area contributed by atoms with Crippen LogP contribution in [0.4, 0.5) is 5.69 Å². The third-order valence-electron chi connectivity index (χ3n) is 4.97. The van der Waals surface area contributed by atoms with Crippen LogP contribution in [0.15, 0.2) is 54.6 Å². The van der Waals surface area contributed by atoms with Crippen LogP contribution in [0.2, 0.25) is 5.02 Å². The lowest BCUT2D eigenvalue weighted by Crippen LogP contribution is -2.11. The molecule has 1 aromatic heterocycles. The van der Waals surface area contributed by atoms with E-state index in [2.05, 4.69) is 15.3 Å². The number of rotatable bonds is 3. The number of aromatic nitrogens is 2. The number of carbonyl (C=O) groups is 1. The summed E-state index contributed by atoms with van der Waals surface area (Å²) in [5.74, 6) is 0.542. The second-order valence-corrected chi connectivity index (χ2v) is 7.41. The third kappa shape index (κ3) is 3.39. The highest BCUT2D eigenvalue weighted by molar-refractivity contribution is 6.33. The monoisotopic (exact) mass is 389 g/mol. The van der Waals surface area contributed by atoms with Crippen LogP contribution in [-0.4, -0.2) is 15.9 Å². The van der Waals surface area contributed by atoms with Crippen molar-refractivity contribution in [3.05, 3.63) is 81.9 Å². The van der Waals surface area contributed by atoms with Crippen molar-refractivity contribution >= 4 is 34.2 Å². The van der Waals surface area contributed by atoms with Gasteiger partial charge in [-0.15, -0.1) is 0 Å². The second kappa shape index (κ2) is 7.13. The maximum atomic E-state index is 12.7. The first-order chi connectivity index (χ1) is 13.4. The molecule has 0 aliphatic heterocycles.